The van der Waals surface area contributed by atoms with Crippen LogP contribution in [0.4, 0.5) is 0 Å². The minimum Gasteiger partial charge on any atom is -0.494 e. The number of fused-ring (bicyclic) bond motifs is 2. The molecule has 0 aromatic heterocycles. The number of rotatable bonds is 13. The van der Waals surface area contributed by atoms with Gasteiger partial charge in [-0.1, -0.05) is 73.2 Å². The highest BCUT2D eigenvalue weighted by atomic mass is 32.2. The van der Waals surface area contributed by atoms with Crippen LogP contribution in [-0.4, -0.2) is 64.0 Å². The first kappa shape index (κ1) is 40.7. The molecule has 2 aliphatic carbocycles. The maximum Gasteiger partial charge on any atom is 0.350 e. The summed E-state index contributed by atoms with van der Waals surface area (Å²) in [5.41, 5.74) is -0.284. The molecular formula is C37H42N2O10S4. The highest BCUT2D eigenvalue weighted by molar-refractivity contribution is 8.26. The fraction of sp³-hybridized carbons (Fsp3) is 0.568. The Bertz CT molecular complexity index is 1700. The normalized spacial score (nSPS) is 21.6. The molecule has 1 aromatic rings. The van der Waals surface area contributed by atoms with Crippen LogP contribution >= 0.6 is 47.0 Å². The van der Waals surface area contributed by atoms with Gasteiger partial charge in [-0.3, -0.25) is 14.4 Å². The van der Waals surface area contributed by atoms with Gasteiger partial charge in [-0.2, -0.15) is 5.26 Å². The van der Waals surface area contributed by atoms with Gasteiger partial charge in [0.25, 0.3) is 5.70 Å². The molecule has 0 unspecified atom stereocenters. The second-order valence-corrected chi connectivity index (χ2v) is 17.4. The van der Waals surface area contributed by atoms with Gasteiger partial charge in [-0.05, 0) is 57.8 Å². The fourth-order valence-corrected chi connectivity index (χ4v) is 12.0. The van der Waals surface area contributed by atoms with Gasteiger partial charge in [-0.15, -0.1) is 0 Å². The van der Waals surface area contributed by atoms with E-state index in [2.05, 4.69) is 11.8 Å². The van der Waals surface area contributed by atoms with Crippen molar-refractivity contribution in [1.29, 1.82) is 5.26 Å². The van der Waals surface area contributed by atoms with Crippen molar-refractivity contribution >= 4 is 70.9 Å². The largest absolute Gasteiger partial charge is 0.494 e. The summed E-state index contributed by atoms with van der Waals surface area (Å²) in [7, 11) is 4.37. The maximum absolute atomic E-state index is 13.4. The van der Waals surface area contributed by atoms with Crippen LogP contribution in [0.15, 0.2) is 39.3 Å². The van der Waals surface area contributed by atoms with Gasteiger partial charge in [0, 0.05) is 0 Å². The van der Waals surface area contributed by atoms with Crippen molar-refractivity contribution in [3.8, 4) is 17.6 Å². The molecule has 0 amide bonds. The molecule has 12 nitrogen and oxygen atoms in total. The van der Waals surface area contributed by atoms with Crippen molar-refractivity contribution in [3.05, 3.63) is 31.2 Å². The second-order valence-electron chi connectivity index (χ2n) is 12.8. The van der Waals surface area contributed by atoms with E-state index in [-0.39, 0.29) is 35.0 Å². The lowest BCUT2D eigenvalue weighted by Crippen LogP contribution is -2.29. The molecule has 1 aromatic carbocycles. The summed E-state index contributed by atoms with van der Waals surface area (Å²) in [5.74, 6) is -1.42. The number of thioether (sulfide) groups is 4. The average molecular weight is 803 g/mol. The summed E-state index contributed by atoms with van der Waals surface area (Å²) < 4.78 is 34.4. The smallest absolute Gasteiger partial charge is 0.350 e. The van der Waals surface area contributed by atoms with Crippen LogP contribution < -0.4 is 9.47 Å². The molecule has 0 atom stereocenters. The Hall–Kier alpha value is -3.44. The molecule has 4 aliphatic rings. The Kier molecular flexibility index (Phi) is 14.8. The predicted molar refractivity (Wildman–Crippen MR) is 200 cm³/mol. The van der Waals surface area contributed by atoms with E-state index >= 15 is 0 Å². The average Bonchev–Trinajstić information content (AvgIpc) is 3.79. The van der Waals surface area contributed by atoms with E-state index in [4.69, 9.17) is 35.0 Å². The molecule has 0 saturated heterocycles. The molecule has 16 heteroatoms. The summed E-state index contributed by atoms with van der Waals surface area (Å²) in [4.78, 5) is 57.2. The lowest BCUT2D eigenvalue weighted by molar-refractivity contribution is -0.153. The standard InChI is InChI=1S/C37H42N2O10S4/c1-6-7-8-9-18-47-33(41)21-12-16-23(17-13-21)49-35(43)25(39-2)37-52-30-26(44-3)28-29(27(45-4)31(30)53-37)51-36(50-28)24(19-38)34(42)48-22-14-10-20(11-15-22)32(40)46-5/h20-23H,6-18H2,1,3-5H3. The van der Waals surface area contributed by atoms with E-state index in [9.17, 15) is 24.4 Å². The van der Waals surface area contributed by atoms with E-state index in [1.807, 2.05) is 6.07 Å². The number of benzene rings is 1. The van der Waals surface area contributed by atoms with Crippen molar-refractivity contribution in [2.24, 2.45) is 11.8 Å². The first-order valence-electron chi connectivity index (χ1n) is 17.6. The number of unbranched alkanes of at least 4 members (excludes halogenated alkanes) is 3. The van der Waals surface area contributed by atoms with Crippen LogP contribution in [-0.2, 0) is 38.1 Å². The third-order valence-corrected chi connectivity index (χ3v) is 14.6. The minimum absolute atomic E-state index is 0.136. The zero-order chi connectivity index (χ0) is 38.1. The molecule has 0 bridgehead atoms. The Labute approximate surface area is 326 Å². The third kappa shape index (κ3) is 9.45. The zero-order valence-corrected chi connectivity index (χ0v) is 33.4. The van der Waals surface area contributed by atoms with Crippen molar-refractivity contribution in [2.75, 3.05) is 27.9 Å². The summed E-state index contributed by atoms with van der Waals surface area (Å²) in [5, 5.41) is 10.1. The van der Waals surface area contributed by atoms with Gasteiger partial charge in [-0.25, -0.2) is 9.64 Å². The molecule has 2 aliphatic heterocycles. The van der Waals surface area contributed by atoms with E-state index in [0.29, 0.717) is 97.5 Å². The van der Waals surface area contributed by atoms with Gasteiger partial charge in [0.15, 0.2) is 5.57 Å². The van der Waals surface area contributed by atoms with Gasteiger partial charge in [0.05, 0.1) is 74.4 Å². The van der Waals surface area contributed by atoms with E-state index in [1.54, 1.807) is 0 Å². The molecule has 0 radical (unpaired) electrons. The summed E-state index contributed by atoms with van der Waals surface area (Å²) in [6.45, 7) is 10.4. The van der Waals surface area contributed by atoms with Crippen LogP contribution in [0.3, 0.4) is 0 Å². The third-order valence-electron chi connectivity index (χ3n) is 9.45. The summed E-state index contributed by atoms with van der Waals surface area (Å²) in [6, 6.07) is 2.02. The van der Waals surface area contributed by atoms with E-state index < -0.39 is 24.1 Å². The zero-order valence-electron chi connectivity index (χ0n) is 30.1. The van der Waals surface area contributed by atoms with Crippen LogP contribution in [0.5, 0.6) is 11.5 Å². The number of methoxy groups -OCH3 is 3. The highest BCUT2D eigenvalue weighted by Gasteiger charge is 2.40. The monoisotopic (exact) mass is 802 g/mol. The molecule has 0 spiro atoms. The Morgan fingerprint density at radius 2 is 1.21 bits per heavy atom. The summed E-state index contributed by atoms with van der Waals surface area (Å²) >= 11 is 4.80. The molecular weight excluding hydrogens is 761 g/mol. The number of carbonyl (C=O) groups excluding carboxylic acids is 4. The van der Waals surface area contributed by atoms with Crippen molar-refractivity contribution in [3.63, 3.8) is 0 Å². The van der Waals surface area contributed by atoms with E-state index in [1.165, 1.54) is 68.4 Å². The SMILES string of the molecule is [C-]#[N+]C(C(=O)OC1CCC(C(=O)OCCCCCC)CC1)=C1Sc2c(OC)c3c(c(OC)c2S1)SC(=C(C#N)C(=O)OC1CCC(C(=O)OC)CC1)S3. The van der Waals surface area contributed by atoms with Gasteiger partial charge in [0.1, 0.15) is 29.8 Å². The van der Waals surface area contributed by atoms with Crippen LogP contribution in [0, 0.1) is 29.7 Å². The molecule has 2 saturated carbocycles. The number of nitrogens with zero attached hydrogens (tertiary/aromatic N) is 2. The summed E-state index contributed by atoms with van der Waals surface area (Å²) in [6.07, 6.45) is 7.51. The number of hydrogen-bond donors (Lipinski definition) is 0. The first-order valence-corrected chi connectivity index (χ1v) is 20.9. The van der Waals surface area contributed by atoms with Crippen LogP contribution in [0.1, 0.15) is 84.0 Å². The molecule has 0 N–H and O–H groups in total. The van der Waals surface area contributed by atoms with Gasteiger partial charge in [0.2, 0.25) is 0 Å². The Morgan fingerprint density at radius 3 is 1.66 bits per heavy atom. The van der Waals surface area contributed by atoms with Crippen molar-refractivity contribution < 1.29 is 47.6 Å². The quantitative estimate of drug-likeness (QED) is 0.0468. The molecule has 2 heterocycles. The number of carbonyl (C=O) groups is 4. The number of ether oxygens (including phenoxy) is 6. The fourth-order valence-electron chi connectivity index (χ4n) is 6.56. The minimum atomic E-state index is -0.734. The van der Waals surface area contributed by atoms with Gasteiger partial charge >= 0.3 is 23.9 Å². The lowest BCUT2D eigenvalue weighted by Gasteiger charge is -2.27. The molecule has 5 rings (SSSR count). The Balaban J connectivity index is 1.25. The van der Waals surface area contributed by atoms with Gasteiger partial charge < -0.3 is 28.4 Å². The first-order chi connectivity index (χ1) is 25.7. The number of nitriles is 1. The Morgan fingerprint density at radius 1 is 0.717 bits per heavy atom. The second kappa shape index (κ2) is 19.2. The van der Waals surface area contributed by atoms with E-state index in [0.717, 1.165) is 25.7 Å². The number of esters is 4. The predicted octanol–water partition coefficient (Wildman–Crippen LogP) is 8.42. The van der Waals surface area contributed by atoms with Crippen LogP contribution in [0.2, 0.25) is 0 Å². The molecule has 2 fully saturated rings. The van der Waals surface area contributed by atoms with Crippen LogP contribution in [0.25, 0.3) is 4.85 Å². The van der Waals surface area contributed by atoms with Crippen molar-refractivity contribution in [2.45, 2.75) is 116 Å². The topological polar surface area (TPSA) is 152 Å². The lowest BCUT2D eigenvalue weighted by atomic mass is 9.87. The maximum atomic E-state index is 13.4. The molecule has 53 heavy (non-hydrogen) atoms. The molecule has 284 valence electrons. The highest BCUT2D eigenvalue weighted by Crippen LogP contribution is 2.68. The number of hydrogen-bond acceptors (Lipinski definition) is 15. The van der Waals surface area contributed by atoms with Crippen molar-refractivity contribution in [1.82, 2.24) is 0 Å².